The van der Waals surface area contributed by atoms with E-state index in [9.17, 15) is 4.39 Å². The summed E-state index contributed by atoms with van der Waals surface area (Å²) < 4.78 is 13.6. The highest BCUT2D eigenvalue weighted by atomic mass is 19.1. The van der Waals surface area contributed by atoms with E-state index in [1.54, 1.807) is 18.3 Å². The number of pyridine rings is 2. The number of rotatable bonds is 5. The second kappa shape index (κ2) is 6.73. The molecule has 0 aliphatic rings. The molecule has 0 radical (unpaired) electrons. The Labute approximate surface area is 144 Å². The molecular weight excluding hydrogens is 315 g/mol. The van der Waals surface area contributed by atoms with Crippen molar-refractivity contribution in [3.8, 4) is 0 Å². The molecule has 3 heterocycles. The maximum atomic E-state index is 13.6. The third-order valence-corrected chi connectivity index (χ3v) is 4.17. The highest BCUT2D eigenvalue weighted by molar-refractivity contribution is 5.79. The van der Waals surface area contributed by atoms with Crippen molar-refractivity contribution < 1.29 is 4.39 Å². The highest BCUT2D eigenvalue weighted by Gasteiger charge is 2.06. The zero-order valence-corrected chi connectivity index (χ0v) is 13.5. The summed E-state index contributed by atoms with van der Waals surface area (Å²) in [6, 6.07) is 14.7. The minimum Gasteiger partial charge on any atom is -0.366 e. The van der Waals surface area contributed by atoms with Crippen LogP contribution in [-0.4, -0.2) is 15.0 Å². The van der Waals surface area contributed by atoms with E-state index in [-0.39, 0.29) is 5.82 Å². The number of benzene rings is 1. The molecule has 0 aliphatic heterocycles. The number of aromatic amines is 1. The second-order valence-corrected chi connectivity index (χ2v) is 5.89. The number of hydrogen-bond acceptors (Lipinski definition) is 3. The summed E-state index contributed by atoms with van der Waals surface area (Å²) in [5.41, 5.74) is 3.83. The predicted molar refractivity (Wildman–Crippen MR) is 96.9 cm³/mol. The SMILES string of the molecule is Fc1ccccc1CNc1ccc(Cc2c[nH]c3ncccc23)cn1. The van der Waals surface area contributed by atoms with E-state index in [4.69, 9.17) is 0 Å². The first-order valence-corrected chi connectivity index (χ1v) is 8.13. The van der Waals surface area contributed by atoms with Gasteiger partial charge >= 0.3 is 0 Å². The number of nitrogens with zero attached hydrogens (tertiary/aromatic N) is 2. The molecule has 5 heteroatoms. The molecule has 0 fully saturated rings. The van der Waals surface area contributed by atoms with Gasteiger partial charge in [0.2, 0.25) is 0 Å². The molecule has 0 unspecified atom stereocenters. The monoisotopic (exact) mass is 332 g/mol. The van der Waals surface area contributed by atoms with Gasteiger partial charge in [0.15, 0.2) is 0 Å². The molecule has 4 nitrogen and oxygen atoms in total. The smallest absolute Gasteiger partial charge is 0.137 e. The number of halogens is 1. The van der Waals surface area contributed by atoms with E-state index < -0.39 is 0 Å². The standard InChI is InChI=1S/C20H17FN4/c21-18-6-2-1-4-15(18)12-24-19-8-7-14(11-23-19)10-16-13-25-20-17(16)5-3-9-22-20/h1-9,11,13H,10,12H2,(H,22,25)(H,23,24). The number of aromatic nitrogens is 3. The minimum atomic E-state index is -0.209. The fraction of sp³-hybridized carbons (Fsp3) is 0.100. The number of nitrogens with one attached hydrogen (secondary N) is 2. The van der Waals surface area contributed by atoms with Crippen molar-refractivity contribution in [2.75, 3.05) is 5.32 Å². The van der Waals surface area contributed by atoms with Crippen molar-refractivity contribution in [1.82, 2.24) is 15.0 Å². The Bertz CT molecular complexity index is 992. The molecule has 0 amide bonds. The molecule has 0 aliphatic carbocycles. The average molecular weight is 332 g/mol. The minimum absolute atomic E-state index is 0.209. The van der Waals surface area contributed by atoms with Crippen molar-refractivity contribution in [3.05, 3.63) is 89.6 Å². The third-order valence-electron chi connectivity index (χ3n) is 4.17. The maximum absolute atomic E-state index is 13.6. The molecule has 1 aromatic carbocycles. The van der Waals surface area contributed by atoms with Gasteiger partial charge < -0.3 is 10.3 Å². The van der Waals surface area contributed by atoms with Crippen molar-refractivity contribution in [3.63, 3.8) is 0 Å². The van der Waals surface area contributed by atoms with Gasteiger partial charge in [0, 0.05) is 42.5 Å². The lowest BCUT2D eigenvalue weighted by Crippen LogP contribution is -2.03. The summed E-state index contributed by atoms with van der Waals surface area (Å²) >= 11 is 0. The van der Waals surface area contributed by atoms with Crippen molar-refractivity contribution in [2.45, 2.75) is 13.0 Å². The van der Waals surface area contributed by atoms with Gasteiger partial charge in [-0.2, -0.15) is 0 Å². The second-order valence-electron chi connectivity index (χ2n) is 5.89. The lowest BCUT2D eigenvalue weighted by Gasteiger charge is -2.07. The fourth-order valence-corrected chi connectivity index (χ4v) is 2.84. The first kappa shape index (κ1) is 15.3. The van der Waals surface area contributed by atoms with Crippen LogP contribution in [-0.2, 0) is 13.0 Å². The number of fused-ring (bicyclic) bond motifs is 1. The molecule has 0 atom stereocenters. The maximum Gasteiger partial charge on any atom is 0.137 e. The Hall–Kier alpha value is -3.21. The van der Waals surface area contributed by atoms with Gasteiger partial charge in [0.05, 0.1) is 0 Å². The van der Waals surface area contributed by atoms with Gasteiger partial charge in [0.25, 0.3) is 0 Å². The van der Waals surface area contributed by atoms with Gasteiger partial charge in [-0.25, -0.2) is 14.4 Å². The summed E-state index contributed by atoms with van der Waals surface area (Å²) in [6.07, 6.45) is 6.40. The predicted octanol–water partition coefficient (Wildman–Crippen LogP) is 4.30. The zero-order valence-electron chi connectivity index (χ0n) is 13.5. The molecule has 0 saturated carbocycles. The van der Waals surface area contributed by atoms with E-state index in [0.717, 1.165) is 28.8 Å². The fourth-order valence-electron chi connectivity index (χ4n) is 2.84. The van der Waals surface area contributed by atoms with Crippen LogP contribution >= 0.6 is 0 Å². The van der Waals surface area contributed by atoms with Gasteiger partial charge in [0.1, 0.15) is 17.3 Å². The Morgan fingerprint density at radius 3 is 2.72 bits per heavy atom. The van der Waals surface area contributed by atoms with Crippen LogP contribution in [0.5, 0.6) is 0 Å². The van der Waals surface area contributed by atoms with Crippen LogP contribution in [0.4, 0.5) is 10.2 Å². The van der Waals surface area contributed by atoms with Crippen LogP contribution in [0.3, 0.4) is 0 Å². The third kappa shape index (κ3) is 3.35. The Morgan fingerprint density at radius 1 is 0.960 bits per heavy atom. The Morgan fingerprint density at radius 2 is 1.88 bits per heavy atom. The Balaban J connectivity index is 1.44. The molecular formula is C20H17FN4. The van der Waals surface area contributed by atoms with Gasteiger partial charge in [-0.15, -0.1) is 0 Å². The average Bonchev–Trinajstić information content (AvgIpc) is 3.05. The van der Waals surface area contributed by atoms with Crippen molar-refractivity contribution in [2.24, 2.45) is 0 Å². The van der Waals surface area contributed by atoms with Crippen LogP contribution in [0.2, 0.25) is 0 Å². The van der Waals surface area contributed by atoms with Gasteiger partial charge in [-0.05, 0) is 35.4 Å². The highest BCUT2D eigenvalue weighted by Crippen LogP contribution is 2.19. The number of anilines is 1. The summed E-state index contributed by atoms with van der Waals surface area (Å²) in [5.74, 6) is 0.521. The van der Waals surface area contributed by atoms with Gasteiger partial charge in [-0.3, -0.25) is 0 Å². The van der Waals surface area contributed by atoms with E-state index in [1.165, 1.54) is 11.6 Å². The lowest BCUT2D eigenvalue weighted by molar-refractivity contribution is 0.613. The number of hydrogen-bond donors (Lipinski definition) is 2. The van der Waals surface area contributed by atoms with Crippen LogP contribution in [0.25, 0.3) is 11.0 Å². The molecule has 0 saturated heterocycles. The molecule has 124 valence electrons. The summed E-state index contributed by atoms with van der Waals surface area (Å²) in [7, 11) is 0. The molecule has 4 aromatic rings. The van der Waals surface area contributed by atoms with Crippen molar-refractivity contribution in [1.29, 1.82) is 0 Å². The zero-order chi connectivity index (χ0) is 17.1. The van der Waals surface area contributed by atoms with Crippen LogP contribution in [0.15, 0.2) is 67.1 Å². The van der Waals surface area contributed by atoms with E-state index in [2.05, 4.69) is 26.3 Å². The Kier molecular flexibility index (Phi) is 4.12. The van der Waals surface area contributed by atoms with Crippen LogP contribution < -0.4 is 5.32 Å². The van der Waals surface area contributed by atoms with Crippen molar-refractivity contribution >= 4 is 16.9 Å². The number of H-pyrrole nitrogens is 1. The van der Waals surface area contributed by atoms with Gasteiger partial charge in [-0.1, -0.05) is 24.3 Å². The summed E-state index contributed by atoms with van der Waals surface area (Å²) in [6.45, 7) is 0.410. The molecule has 3 aromatic heterocycles. The quantitative estimate of drug-likeness (QED) is 0.573. The summed E-state index contributed by atoms with van der Waals surface area (Å²) in [5, 5.41) is 4.28. The lowest BCUT2D eigenvalue weighted by atomic mass is 10.1. The normalized spacial score (nSPS) is 10.9. The van der Waals surface area contributed by atoms with Crippen LogP contribution in [0, 0.1) is 5.82 Å². The van der Waals surface area contributed by atoms with E-state index >= 15 is 0 Å². The van der Waals surface area contributed by atoms with E-state index in [0.29, 0.717) is 12.1 Å². The largest absolute Gasteiger partial charge is 0.366 e. The molecule has 0 spiro atoms. The summed E-state index contributed by atoms with van der Waals surface area (Å²) in [4.78, 5) is 11.9. The van der Waals surface area contributed by atoms with Crippen LogP contribution in [0.1, 0.15) is 16.7 Å². The molecule has 4 rings (SSSR count). The first-order valence-electron chi connectivity index (χ1n) is 8.13. The molecule has 2 N–H and O–H groups in total. The van der Waals surface area contributed by atoms with E-state index in [1.807, 2.05) is 36.7 Å². The first-order chi connectivity index (χ1) is 12.3. The topological polar surface area (TPSA) is 53.6 Å². The molecule has 0 bridgehead atoms. The molecule has 25 heavy (non-hydrogen) atoms.